The topological polar surface area (TPSA) is 64.6 Å². The van der Waals surface area contributed by atoms with E-state index in [1.807, 2.05) is 26.9 Å². The van der Waals surface area contributed by atoms with Crippen molar-refractivity contribution in [2.24, 2.45) is 5.92 Å². The van der Waals surface area contributed by atoms with Gasteiger partial charge < -0.3 is 0 Å². The van der Waals surface area contributed by atoms with Gasteiger partial charge in [-0.3, -0.25) is 0 Å². The van der Waals surface area contributed by atoms with E-state index in [4.69, 9.17) is 9.16 Å². The fraction of sp³-hybridized carbons (Fsp3) is 0.882. The molecule has 0 aromatic rings. The average Bonchev–Trinajstić information content (AvgIpc) is 2.42. The van der Waals surface area contributed by atoms with E-state index in [0.717, 1.165) is 10.6 Å². The molecule has 142 valence electrons. The number of carbonyl (C=O) groups excluding carboxylic acids is 2. The second-order valence-electron chi connectivity index (χ2n) is 7.86. The van der Waals surface area contributed by atoms with Crippen LogP contribution >= 0.6 is 0 Å². The molecule has 0 heterocycles. The van der Waals surface area contributed by atoms with Gasteiger partial charge in [0.15, 0.2) is 0 Å². The molecule has 1 amide bonds. The molecule has 24 heavy (non-hydrogen) atoms. The number of carbonyl (C=O) groups is 2. The molecular formula is C17H35NO4SeSi. The van der Waals surface area contributed by atoms with Gasteiger partial charge in [-0.1, -0.05) is 0 Å². The summed E-state index contributed by atoms with van der Waals surface area (Å²) in [5, 5.41) is 4.70. The summed E-state index contributed by atoms with van der Waals surface area (Å²) < 4.78 is 11.0. The Morgan fingerprint density at radius 3 is 2.25 bits per heavy atom. The molecule has 0 spiro atoms. The van der Waals surface area contributed by atoms with Crippen LogP contribution in [0.3, 0.4) is 0 Å². The molecule has 5 nitrogen and oxygen atoms in total. The maximum absolute atomic E-state index is 12.6. The van der Waals surface area contributed by atoms with Gasteiger partial charge in [-0.25, -0.2) is 0 Å². The Hall–Kier alpha value is -0.524. The van der Waals surface area contributed by atoms with Crippen molar-refractivity contribution in [3.63, 3.8) is 0 Å². The predicted octanol–water partition coefficient (Wildman–Crippen LogP) is 4.24. The van der Waals surface area contributed by atoms with Gasteiger partial charge in [-0.05, 0) is 0 Å². The number of alkyl carbamates (subject to hydrolysis) is 1. The summed E-state index contributed by atoms with van der Waals surface area (Å²) in [6.45, 7) is 16.8. The third-order valence-electron chi connectivity index (χ3n) is 4.04. The Labute approximate surface area is 154 Å². The molecular weight excluding hydrogens is 389 g/mol. The van der Waals surface area contributed by atoms with E-state index < -0.39 is 20.5 Å². The van der Waals surface area contributed by atoms with Crippen molar-refractivity contribution in [3.8, 4) is 0 Å². The van der Waals surface area contributed by atoms with Crippen LogP contribution in [0.4, 0.5) is 4.79 Å². The molecule has 0 aliphatic rings. The average molecular weight is 425 g/mol. The first-order chi connectivity index (χ1) is 10.9. The summed E-state index contributed by atoms with van der Waals surface area (Å²) in [5.74, 6) is -0.0631. The first-order valence-electron chi connectivity index (χ1n) is 8.64. The van der Waals surface area contributed by atoms with Gasteiger partial charge in [-0.2, -0.15) is 0 Å². The number of nitrogens with one attached hydrogen (secondary N) is 1. The zero-order chi connectivity index (χ0) is 19.0. The van der Waals surface area contributed by atoms with Crippen molar-refractivity contribution in [3.05, 3.63) is 0 Å². The SMILES string of the molecule is CC[Se]CCC(NC(=O)OCC(C)C)C(=O)O[Si](C)(C)C(C)(C)C. The summed E-state index contributed by atoms with van der Waals surface area (Å²) in [6, 6.07) is -0.618. The van der Waals surface area contributed by atoms with Crippen LogP contribution in [0.15, 0.2) is 0 Å². The van der Waals surface area contributed by atoms with Crippen LogP contribution in [-0.4, -0.2) is 48.0 Å². The van der Waals surface area contributed by atoms with E-state index in [-0.39, 0.29) is 16.9 Å². The molecule has 0 aliphatic carbocycles. The number of rotatable bonds is 9. The zero-order valence-corrected chi connectivity index (χ0v) is 19.2. The van der Waals surface area contributed by atoms with E-state index in [9.17, 15) is 9.59 Å². The van der Waals surface area contributed by atoms with Gasteiger partial charge >= 0.3 is 155 Å². The second kappa shape index (κ2) is 10.5. The van der Waals surface area contributed by atoms with Crippen LogP contribution < -0.4 is 5.32 Å². The van der Waals surface area contributed by atoms with Crippen molar-refractivity contribution in [2.75, 3.05) is 6.61 Å². The molecule has 0 rings (SSSR count). The third-order valence-corrected chi connectivity index (χ3v) is 10.3. The standard InChI is InChI=1S/C17H35NO4SeSi/c1-9-23-11-10-14(18-16(20)21-12-13(2)3)15(19)22-24(7,8)17(4,5)6/h13-14H,9-12H2,1-8H3,(H,18,20). The Kier molecular flexibility index (Phi) is 10.2. The molecule has 0 bridgehead atoms. The van der Waals surface area contributed by atoms with E-state index in [2.05, 4.69) is 33.0 Å². The van der Waals surface area contributed by atoms with Crippen molar-refractivity contribution in [2.45, 2.75) is 82.8 Å². The van der Waals surface area contributed by atoms with Gasteiger partial charge in [-0.15, -0.1) is 0 Å². The first-order valence-corrected chi connectivity index (χ1v) is 14.0. The third kappa shape index (κ3) is 9.09. The number of ether oxygens (including phenoxy) is 1. The summed E-state index contributed by atoms with van der Waals surface area (Å²) in [6.07, 6.45) is 0.0721. The minimum absolute atomic E-state index is 0.0568. The van der Waals surface area contributed by atoms with Crippen LogP contribution in [0, 0.1) is 5.92 Å². The molecule has 0 aliphatic heterocycles. The van der Waals surface area contributed by atoms with Crippen LogP contribution in [0.5, 0.6) is 0 Å². The van der Waals surface area contributed by atoms with Gasteiger partial charge in [0.2, 0.25) is 0 Å². The Morgan fingerprint density at radius 1 is 1.21 bits per heavy atom. The van der Waals surface area contributed by atoms with E-state index in [1.165, 1.54) is 0 Å². The van der Waals surface area contributed by atoms with Crippen LogP contribution in [0.25, 0.3) is 0 Å². The molecule has 7 heteroatoms. The molecule has 1 N–H and O–H groups in total. The van der Waals surface area contributed by atoms with Gasteiger partial charge in [0, 0.05) is 0 Å². The zero-order valence-electron chi connectivity index (χ0n) is 16.5. The van der Waals surface area contributed by atoms with E-state index in [0.29, 0.717) is 28.0 Å². The summed E-state index contributed by atoms with van der Waals surface area (Å²) in [7, 11) is -2.20. The predicted molar refractivity (Wildman–Crippen MR) is 102 cm³/mol. The summed E-state index contributed by atoms with van der Waals surface area (Å²) in [4.78, 5) is 24.6. The van der Waals surface area contributed by atoms with Gasteiger partial charge in [0.25, 0.3) is 0 Å². The van der Waals surface area contributed by atoms with Crippen molar-refractivity contribution in [1.82, 2.24) is 5.32 Å². The van der Waals surface area contributed by atoms with Gasteiger partial charge in [0.1, 0.15) is 0 Å². The molecule has 0 aromatic carbocycles. The molecule has 0 radical (unpaired) electrons. The second-order valence-corrected chi connectivity index (χ2v) is 15.5. The normalized spacial score (nSPS) is 13.5. The first kappa shape index (κ1) is 23.5. The van der Waals surface area contributed by atoms with Crippen molar-refractivity contribution < 1.29 is 18.8 Å². The maximum atomic E-state index is 12.6. The number of amides is 1. The van der Waals surface area contributed by atoms with Crippen molar-refractivity contribution >= 4 is 35.3 Å². The van der Waals surface area contributed by atoms with Crippen LogP contribution in [-0.2, 0) is 14.0 Å². The minimum atomic E-state index is -2.20. The Morgan fingerprint density at radius 2 is 1.79 bits per heavy atom. The molecule has 0 saturated carbocycles. The molecule has 1 atom stereocenters. The van der Waals surface area contributed by atoms with Crippen molar-refractivity contribution in [1.29, 1.82) is 0 Å². The number of hydrogen-bond acceptors (Lipinski definition) is 4. The fourth-order valence-electron chi connectivity index (χ4n) is 1.50. The summed E-state index contributed by atoms with van der Waals surface area (Å²) in [5.41, 5.74) is 0. The number of hydrogen-bond donors (Lipinski definition) is 1. The molecule has 0 aromatic heterocycles. The molecule has 0 saturated heterocycles. The Balaban J connectivity index is 4.85. The van der Waals surface area contributed by atoms with Crippen LogP contribution in [0.2, 0.25) is 28.8 Å². The van der Waals surface area contributed by atoms with Gasteiger partial charge in [0.05, 0.1) is 0 Å². The van der Waals surface area contributed by atoms with E-state index >= 15 is 0 Å². The monoisotopic (exact) mass is 425 g/mol. The Bertz CT molecular complexity index is 408. The fourth-order valence-corrected chi connectivity index (χ4v) is 3.90. The quantitative estimate of drug-likeness (QED) is 0.444. The molecule has 0 fully saturated rings. The van der Waals surface area contributed by atoms with E-state index in [1.54, 1.807) is 0 Å². The molecule has 1 unspecified atom stereocenters. The van der Waals surface area contributed by atoms with Crippen LogP contribution in [0.1, 0.15) is 48.0 Å². The summed E-state index contributed by atoms with van der Waals surface area (Å²) >= 11 is 0.485.